The van der Waals surface area contributed by atoms with E-state index in [0.29, 0.717) is 16.8 Å². The minimum Gasteiger partial charge on any atom is -0.466 e. The quantitative estimate of drug-likeness (QED) is 0.250. The smallest absolute Gasteiger partial charge is 0.413 e. The lowest BCUT2D eigenvalue weighted by Gasteiger charge is -2.15. The third-order valence-electron chi connectivity index (χ3n) is 5.01. The van der Waals surface area contributed by atoms with Crippen LogP contribution in [0.1, 0.15) is 35.4 Å². The molecule has 3 aromatic rings. The number of nitrogens with zero attached hydrogens (tertiary/aromatic N) is 5. The number of carbonyl (C=O) groups excluding carboxylic acids is 3. The van der Waals surface area contributed by atoms with E-state index < -0.39 is 18.2 Å². The topological polar surface area (TPSA) is 150 Å². The third-order valence-corrected chi connectivity index (χ3v) is 5.33. The average molecular weight is 514 g/mol. The maximum Gasteiger partial charge on any atom is 0.413 e. The van der Waals surface area contributed by atoms with E-state index in [1.165, 1.54) is 24.2 Å². The van der Waals surface area contributed by atoms with Crippen LogP contribution >= 0.6 is 11.6 Å². The number of amides is 2. The Morgan fingerprint density at radius 1 is 1.22 bits per heavy atom. The molecule has 0 aliphatic rings. The zero-order valence-corrected chi connectivity index (χ0v) is 20.6. The summed E-state index contributed by atoms with van der Waals surface area (Å²) in [6, 6.07) is 6.52. The number of rotatable bonds is 9. The van der Waals surface area contributed by atoms with Crippen molar-refractivity contribution in [3.05, 3.63) is 65.1 Å². The standard InChI is InChI=1S/C23H24ClN7O5/c1-13(22(33)35-4)9-11-26-21(32)15-7-8-17(27-12-15)18-20(31(3)30-29-18)28-23(34)36-14(2)16-6-5-10-25-19(16)24/h5-8,10,12,14H,1,9,11H2,2-4H3,(H,26,32)(H,28,34)/t14-/m1/s1. The summed E-state index contributed by atoms with van der Waals surface area (Å²) in [6.45, 7) is 5.48. The number of methoxy groups -OCH3 is 1. The molecule has 1 atom stereocenters. The van der Waals surface area contributed by atoms with Crippen LogP contribution in [0, 0.1) is 0 Å². The van der Waals surface area contributed by atoms with Crippen molar-refractivity contribution < 1.29 is 23.9 Å². The highest BCUT2D eigenvalue weighted by Crippen LogP contribution is 2.26. The molecule has 0 saturated heterocycles. The van der Waals surface area contributed by atoms with E-state index in [0.717, 1.165) is 0 Å². The fraction of sp³-hybridized carbons (Fsp3) is 0.261. The zero-order chi connectivity index (χ0) is 26.2. The maximum atomic E-state index is 12.5. The van der Waals surface area contributed by atoms with Crippen molar-refractivity contribution >= 4 is 35.4 Å². The van der Waals surface area contributed by atoms with E-state index in [-0.39, 0.29) is 41.1 Å². The molecule has 36 heavy (non-hydrogen) atoms. The normalized spacial score (nSPS) is 11.3. The number of hydrogen-bond donors (Lipinski definition) is 2. The van der Waals surface area contributed by atoms with Crippen LogP contribution in [0.15, 0.2) is 48.8 Å². The van der Waals surface area contributed by atoms with Crippen molar-refractivity contribution in [2.45, 2.75) is 19.4 Å². The molecule has 0 aliphatic heterocycles. The molecule has 2 amide bonds. The zero-order valence-electron chi connectivity index (χ0n) is 19.8. The highest BCUT2D eigenvalue weighted by Gasteiger charge is 2.20. The van der Waals surface area contributed by atoms with Crippen LogP contribution in [0.5, 0.6) is 0 Å². The number of aryl methyl sites for hydroxylation is 1. The van der Waals surface area contributed by atoms with Crippen molar-refractivity contribution in [1.82, 2.24) is 30.3 Å². The van der Waals surface area contributed by atoms with Crippen LogP contribution in [0.25, 0.3) is 11.4 Å². The van der Waals surface area contributed by atoms with E-state index in [1.54, 1.807) is 38.2 Å². The van der Waals surface area contributed by atoms with Crippen LogP contribution in [-0.4, -0.2) is 56.6 Å². The first-order valence-corrected chi connectivity index (χ1v) is 11.1. The van der Waals surface area contributed by atoms with Gasteiger partial charge in [0.15, 0.2) is 11.5 Å². The number of halogens is 1. The van der Waals surface area contributed by atoms with Crippen LogP contribution in [0.4, 0.5) is 10.6 Å². The number of pyridine rings is 2. The Bertz CT molecular complexity index is 1280. The van der Waals surface area contributed by atoms with Gasteiger partial charge in [0.1, 0.15) is 11.3 Å². The molecule has 188 valence electrons. The molecule has 0 bridgehead atoms. The summed E-state index contributed by atoms with van der Waals surface area (Å²) in [5.41, 5.74) is 1.76. The molecule has 12 nitrogen and oxygen atoms in total. The van der Waals surface area contributed by atoms with Crippen molar-refractivity contribution in [1.29, 1.82) is 0 Å². The number of carbonyl (C=O) groups is 3. The van der Waals surface area contributed by atoms with Gasteiger partial charge < -0.3 is 14.8 Å². The van der Waals surface area contributed by atoms with Crippen LogP contribution in [0.2, 0.25) is 5.15 Å². The lowest BCUT2D eigenvalue weighted by molar-refractivity contribution is -0.136. The molecule has 0 saturated carbocycles. The summed E-state index contributed by atoms with van der Waals surface area (Å²) in [7, 11) is 2.86. The third kappa shape index (κ3) is 6.42. The van der Waals surface area contributed by atoms with Gasteiger partial charge in [0, 0.05) is 37.1 Å². The second kappa shape index (κ2) is 11.9. The van der Waals surface area contributed by atoms with Gasteiger partial charge >= 0.3 is 12.1 Å². The van der Waals surface area contributed by atoms with E-state index in [4.69, 9.17) is 16.3 Å². The summed E-state index contributed by atoms with van der Waals surface area (Å²) in [5, 5.41) is 13.5. The summed E-state index contributed by atoms with van der Waals surface area (Å²) >= 11 is 6.07. The van der Waals surface area contributed by atoms with Crippen molar-refractivity contribution in [3.8, 4) is 11.4 Å². The Labute approximate surface area is 211 Å². The van der Waals surface area contributed by atoms with Crippen LogP contribution in [0.3, 0.4) is 0 Å². The van der Waals surface area contributed by atoms with E-state index in [1.807, 2.05) is 0 Å². The largest absolute Gasteiger partial charge is 0.466 e. The fourth-order valence-electron chi connectivity index (χ4n) is 3.07. The Morgan fingerprint density at radius 3 is 2.67 bits per heavy atom. The lowest BCUT2D eigenvalue weighted by atomic mass is 10.2. The van der Waals surface area contributed by atoms with E-state index >= 15 is 0 Å². The van der Waals surface area contributed by atoms with Gasteiger partial charge in [0.25, 0.3) is 5.91 Å². The Balaban J connectivity index is 1.64. The molecule has 0 radical (unpaired) electrons. The van der Waals surface area contributed by atoms with Gasteiger partial charge in [-0.3, -0.25) is 15.1 Å². The molecule has 0 spiro atoms. The van der Waals surface area contributed by atoms with E-state index in [2.05, 4.69) is 42.2 Å². The summed E-state index contributed by atoms with van der Waals surface area (Å²) in [6.07, 6.45) is 1.75. The van der Waals surface area contributed by atoms with Gasteiger partial charge in [-0.15, -0.1) is 5.10 Å². The fourth-order valence-corrected chi connectivity index (χ4v) is 3.34. The van der Waals surface area contributed by atoms with Crippen molar-refractivity contribution in [3.63, 3.8) is 0 Å². The van der Waals surface area contributed by atoms with Crippen LogP contribution in [-0.2, 0) is 21.3 Å². The van der Waals surface area contributed by atoms with Gasteiger partial charge in [0.2, 0.25) is 0 Å². The number of ether oxygens (including phenoxy) is 2. The van der Waals surface area contributed by atoms with Crippen LogP contribution < -0.4 is 10.6 Å². The van der Waals surface area contributed by atoms with Crippen molar-refractivity contribution in [2.75, 3.05) is 19.0 Å². The predicted octanol–water partition coefficient (Wildman–Crippen LogP) is 3.08. The summed E-state index contributed by atoms with van der Waals surface area (Å²) in [4.78, 5) is 44.5. The Morgan fingerprint density at radius 2 is 2.00 bits per heavy atom. The molecule has 2 N–H and O–H groups in total. The number of esters is 1. The molecule has 0 fully saturated rings. The molecule has 3 heterocycles. The first kappa shape index (κ1) is 26.3. The number of anilines is 1. The van der Waals surface area contributed by atoms with Gasteiger partial charge in [0.05, 0.1) is 18.4 Å². The molecule has 3 rings (SSSR count). The SMILES string of the molecule is C=C(CCNC(=O)c1ccc(-c2nnn(C)c2NC(=O)O[C@H](C)c2cccnc2Cl)nc1)C(=O)OC. The molecule has 0 unspecified atom stereocenters. The molecular weight excluding hydrogens is 490 g/mol. The first-order valence-electron chi connectivity index (χ1n) is 10.7. The highest BCUT2D eigenvalue weighted by molar-refractivity contribution is 6.30. The summed E-state index contributed by atoms with van der Waals surface area (Å²) in [5.74, 6) is -0.658. The Hall–Kier alpha value is -4.32. The highest BCUT2D eigenvalue weighted by atomic mass is 35.5. The lowest BCUT2D eigenvalue weighted by Crippen LogP contribution is -2.25. The van der Waals surface area contributed by atoms with E-state index in [9.17, 15) is 14.4 Å². The monoisotopic (exact) mass is 513 g/mol. The Kier molecular flexibility index (Phi) is 8.68. The van der Waals surface area contributed by atoms with Crippen molar-refractivity contribution in [2.24, 2.45) is 7.05 Å². The number of hydrogen-bond acceptors (Lipinski definition) is 9. The molecule has 0 aromatic carbocycles. The predicted molar refractivity (Wildman–Crippen MR) is 130 cm³/mol. The minimum absolute atomic E-state index is 0.206. The number of aromatic nitrogens is 5. The minimum atomic E-state index is -0.751. The molecule has 3 aromatic heterocycles. The average Bonchev–Trinajstić information content (AvgIpc) is 3.23. The van der Waals surface area contributed by atoms with Gasteiger partial charge in [-0.05, 0) is 31.5 Å². The number of nitrogens with one attached hydrogen (secondary N) is 2. The molecular formula is C23H24ClN7O5. The molecule has 13 heteroatoms. The van der Waals surface area contributed by atoms with Gasteiger partial charge in [-0.2, -0.15) is 0 Å². The summed E-state index contributed by atoms with van der Waals surface area (Å²) < 4.78 is 11.3. The van der Waals surface area contributed by atoms with Gasteiger partial charge in [-0.25, -0.2) is 19.3 Å². The first-order chi connectivity index (χ1) is 17.2. The molecule has 0 aliphatic carbocycles. The van der Waals surface area contributed by atoms with Gasteiger partial charge in [-0.1, -0.05) is 29.5 Å². The maximum absolute atomic E-state index is 12.5. The second-order valence-corrected chi connectivity index (χ2v) is 7.86. The second-order valence-electron chi connectivity index (χ2n) is 7.50.